The van der Waals surface area contributed by atoms with Gasteiger partial charge in [0.25, 0.3) is 0 Å². The molecule has 1 aliphatic rings. The summed E-state index contributed by atoms with van der Waals surface area (Å²) in [6.45, 7) is 8.70. The zero-order valence-electron chi connectivity index (χ0n) is 14.9. The molecule has 3 rings (SSSR count). The van der Waals surface area contributed by atoms with Crippen LogP contribution in [-0.4, -0.2) is 28.3 Å². The van der Waals surface area contributed by atoms with E-state index in [-0.39, 0.29) is 5.41 Å². The van der Waals surface area contributed by atoms with Crippen molar-refractivity contribution in [1.29, 1.82) is 0 Å². The molecule has 0 unspecified atom stereocenters. The van der Waals surface area contributed by atoms with Gasteiger partial charge in [-0.2, -0.15) is 10.1 Å². The first-order valence-corrected chi connectivity index (χ1v) is 8.85. The average Bonchev–Trinajstić information content (AvgIpc) is 2.84. The summed E-state index contributed by atoms with van der Waals surface area (Å²) in [5.41, 5.74) is 2.50. The first-order valence-electron chi connectivity index (χ1n) is 8.85. The van der Waals surface area contributed by atoms with Crippen LogP contribution in [0.1, 0.15) is 52.0 Å². The number of nitrogens with one attached hydrogen (secondary N) is 1. The lowest BCUT2D eigenvalue weighted by molar-refractivity contribution is 0.590. The van der Waals surface area contributed by atoms with Gasteiger partial charge in [-0.05, 0) is 36.0 Å². The topological polar surface area (TPSA) is 53.9 Å². The van der Waals surface area contributed by atoms with Gasteiger partial charge in [-0.15, -0.1) is 5.10 Å². The fourth-order valence-electron chi connectivity index (χ4n) is 2.96. The van der Waals surface area contributed by atoms with Crippen molar-refractivity contribution in [2.45, 2.75) is 51.9 Å². The molecule has 1 N–H and O–H groups in total. The van der Waals surface area contributed by atoms with Crippen molar-refractivity contribution in [3.05, 3.63) is 36.0 Å². The van der Waals surface area contributed by atoms with Gasteiger partial charge in [-0.25, -0.2) is 0 Å². The predicted octanol–water partition coefficient (Wildman–Crippen LogP) is 4.29. The summed E-state index contributed by atoms with van der Waals surface area (Å²) in [6.07, 6.45) is 6.67. The summed E-state index contributed by atoms with van der Waals surface area (Å²) in [6, 6.07) is 8.50. The van der Waals surface area contributed by atoms with Crippen LogP contribution < -0.4 is 10.2 Å². The molecule has 0 bridgehead atoms. The Morgan fingerprint density at radius 2 is 1.62 bits per heavy atom. The molecule has 128 valence electrons. The molecule has 0 amide bonds. The maximum Gasteiger partial charge on any atom is 0.247 e. The second kappa shape index (κ2) is 7.16. The molecule has 2 heterocycles. The molecule has 0 aliphatic carbocycles. The van der Waals surface area contributed by atoms with E-state index in [1.807, 2.05) is 0 Å². The minimum atomic E-state index is 0.162. The molecular formula is C19H27N5. The van der Waals surface area contributed by atoms with Crippen LogP contribution in [0.4, 0.5) is 17.5 Å². The summed E-state index contributed by atoms with van der Waals surface area (Å²) < 4.78 is 0. The molecule has 24 heavy (non-hydrogen) atoms. The second-order valence-corrected chi connectivity index (χ2v) is 7.50. The molecule has 5 heteroatoms. The highest BCUT2D eigenvalue weighted by molar-refractivity contribution is 5.57. The highest BCUT2D eigenvalue weighted by Crippen LogP contribution is 2.25. The summed E-state index contributed by atoms with van der Waals surface area (Å²) in [5.74, 6) is 1.47. The van der Waals surface area contributed by atoms with Gasteiger partial charge >= 0.3 is 0 Å². The summed E-state index contributed by atoms with van der Waals surface area (Å²) in [4.78, 5) is 6.89. The second-order valence-electron chi connectivity index (χ2n) is 7.50. The van der Waals surface area contributed by atoms with Crippen molar-refractivity contribution in [3.8, 4) is 0 Å². The van der Waals surface area contributed by atoms with Crippen molar-refractivity contribution in [2.75, 3.05) is 23.3 Å². The summed E-state index contributed by atoms with van der Waals surface area (Å²) >= 11 is 0. The normalized spacial score (nSPS) is 15.9. The molecule has 1 fully saturated rings. The molecule has 1 saturated heterocycles. The van der Waals surface area contributed by atoms with Gasteiger partial charge in [0.15, 0.2) is 5.82 Å². The van der Waals surface area contributed by atoms with Crippen LogP contribution in [-0.2, 0) is 5.41 Å². The van der Waals surface area contributed by atoms with Gasteiger partial charge < -0.3 is 10.2 Å². The smallest absolute Gasteiger partial charge is 0.247 e. The number of nitrogens with zero attached hydrogens (tertiary/aromatic N) is 4. The van der Waals surface area contributed by atoms with Crippen LogP contribution in [0.3, 0.4) is 0 Å². The van der Waals surface area contributed by atoms with Gasteiger partial charge in [-0.3, -0.25) is 0 Å². The van der Waals surface area contributed by atoms with Gasteiger partial charge in [0, 0.05) is 18.8 Å². The monoisotopic (exact) mass is 325 g/mol. The standard InChI is InChI=1S/C19H27N5/c1-19(2,3)15-8-10-16(11-9-15)21-17-14-20-23-18(22-17)24-12-6-4-5-7-13-24/h8-11,14H,4-7,12-13H2,1-3H3,(H,21,22,23). The van der Waals surface area contributed by atoms with Crippen molar-refractivity contribution in [3.63, 3.8) is 0 Å². The largest absolute Gasteiger partial charge is 0.339 e. The zero-order chi connectivity index (χ0) is 17.0. The van der Waals surface area contributed by atoms with Gasteiger partial charge in [0.1, 0.15) is 0 Å². The maximum absolute atomic E-state index is 4.65. The van der Waals surface area contributed by atoms with E-state index in [0.717, 1.165) is 30.5 Å². The Morgan fingerprint density at radius 1 is 0.958 bits per heavy atom. The maximum atomic E-state index is 4.65. The Morgan fingerprint density at radius 3 is 2.25 bits per heavy atom. The van der Waals surface area contributed by atoms with Crippen LogP contribution in [0.25, 0.3) is 0 Å². The molecule has 0 spiro atoms. The van der Waals surface area contributed by atoms with Crippen LogP contribution in [0.5, 0.6) is 0 Å². The van der Waals surface area contributed by atoms with E-state index in [2.05, 4.69) is 70.4 Å². The van der Waals surface area contributed by atoms with E-state index in [0.29, 0.717) is 0 Å². The summed E-state index contributed by atoms with van der Waals surface area (Å²) in [7, 11) is 0. The third-order valence-electron chi connectivity index (χ3n) is 4.46. The van der Waals surface area contributed by atoms with Gasteiger partial charge in [0.05, 0.1) is 6.20 Å². The van der Waals surface area contributed by atoms with E-state index in [4.69, 9.17) is 0 Å². The average molecular weight is 325 g/mol. The Hall–Kier alpha value is -2.17. The first-order chi connectivity index (χ1) is 11.5. The van der Waals surface area contributed by atoms with Crippen molar-refractivity contribution < 1.29 is 0 Å². The third-order valence-corrected chi connectivity index (χ3v) is 4.46. The number of hydrogen-bond donors (Lipinski definition) is 1. The molecule has 0 radical (unpaired) electrons. The Labute approximate surface area is 144 Å². The Bertz CT molecular complexity index is 652. The molecule has 1 aromatic heterocycles. The van der Waals surface area contributed by atoms with Crippen molar-refractivity contribution in [2.24, 2.45) is 0 Å². The minimum Gasteiger partial charge on any atom is -0.339 e. The van der Waals surface area contributed by atoms with Crippen LogP contribution >= 0.6 is 0 Å². The van der Waals surface area contributed by atoms with Crippen LogP contribution in [0.2, 0.25) is 0 Å². The minimum absolute atomic E-state index is 0.162. The number of benzene rings is 1. The zero-order valence-corrected chi connectivity index (χ0v) is 14.9. The molecule has 5 nitrogen and oxygen atoms in total. The van der Waals surface area contributed by atoms with E-state index in [9.17, 15) is 0 Å². The lowest BCUT2D eigenvalue weighted by Crippen LogP contribution is -2.26. The lowest BCUT2D eigenvalue weighted by atomic mass is 9.87. The number of rotatable bonds is 3. The molecule has 1 aliphatic heterocycles. The number of aromatic nitrogens is 3. The van der Waals surface area contributed by atoms with Crippen LogP contribution in [0, 0.1) is 0 Å². The fraction of sp³-hybridized carbons (Fsp3) is 0.526. The SMILES string of the molecule is CC(C)(C)c1ccc(Nc2cnnc(N3CCCCCC3)n2)cc1. The van der Waals surface area contributed by atoms with E-state index in [1.165, 1.54) is 31.2 Å². The Kier molecular flexibility index (Phi) is 4.97. The fourth-order valence-corrected chi connectivity index (χ4v) is 2.96. The number of anilines is 3. The predicted molar refractivity (Wildman–Crippen MR) is 98.9 cm³/mol. The summed E-state index contributed by atoms with van der Waals surface area (Å²) in [5, 5.41) is 11.7. The Balaban J connectivity index is 1.72. The van der Waals surface area contributed by atoms with Gasteiger partial charge in [0.2, 0.25) is 5.95 Å². The molecule has 1 aromatic carbocycles. The molecule has 0 saturated carbocycles. The third kappa shape index (κ3) is 4.22. The van der Waals surface area contributed by atoms with Crippen molar-refractivity contribution in [1.82, 2.24) is 15.2 Å². The highest BCUT2D eigenvalue weighted by Gasteiger charge is 2.14. The molecule has 0 atom stereocenters. The van der Waals surface area contributed by atoms with E-state index >= 15 is 0 Å². The first kappa shape index (κ1) is 16.7. The van der Waals surface area contributed by atoms with E-state index in [1.54, 1.807) is 6.20 Å². The molecule has 2 aromatic rings. The number of hydrogen-bond acceptors (Lipinski definition) is 5. The van der Waals surface area contributed by atoms with Gasteiger partial charge in [-0.1, -0.05) is 45.7 Å². The van der Waals surface area contributed by atoms with Crippen LogP contribution in [0.15, 0.2) is 30.5 Å². The lowest BCUT2D eigenvalue weighted by Gasteiger charge is -2.20. The quantitative estimate of drug-likeness (QED) is 0.912. The van der Waals surface area contributed by atoms with Crippen molar-refractivity contribution >= 4 is 17.5 Å². The molecular weight excluding hydrogens is 298 g/mol. The highest BCUT2D eigenvalue weighted by atomic mass is 15.3. The van der Waals surface area contributed by atoms with E-state index < -0.39 is 0 Å².